The van der Waals surface area contributed by atoms with Crippen molar-refractivity contribution < 1.29 is 4.74 Å². The first-order valence-electron chi connectivity index (χ1n) is 6.57. The molecule has 18 heavy (non-hydrogen) atoms. The first-order chi connectivity index (χ1) is 8.79. The summed E-state index contributed by atoms with van der Waals surface area (Å²) in [7, 11) is 0. The molecule has 1 saturated heterocycles. The van der Waals surface area contributed by atoms with Gasteiger partial charge in [0.1, 0.15) is 0 Å². The Labute approximate surface area is 114 Å². The van der Waals surface area contributed by atoms with Crippen LogP contribution < -0.4 is 11.3 Å². The van der Waals surface area contributed by atoms with E-state index in [1.807, 2.05) is 18.2 Å². The minimum atomic E-state index is 0.285. The highest BCUT2D eigenvalue weighted by Gasteiger charge is 2.19. The first-order valence-corrected chi connectivity index (χ1v) is 6.94. The van der Waals surface area contributed by atoms with Gasteiger partial charge in [-0.2, -0.15) is 0 Å². The number of ether oxygens (including phenoxy) is 1. The Kier molecular flexibility index (Phi) is 5.45. The Morgan fingerprint density at radius 1 is 1.33 bits per heavy atom. The molecule has 0 bridgehead atoms. The molecule has 0 amide bonds. The van der Waals surface area contributed by atoms with Gasteiger partial charge in [-0.25, -0.2) is 0 Å². The molecule has 3 N–H and O–H groups in total. The number of rotatable bonds is 5. The van der Waals surface area contributed by atoms with Gasteiger partial charge in [0.05, 0.1) is 0 Å². The standard InChI is InChI=1S/C14H21ClN2O/c15-14-4-2-1-3-12(14)10-13(17-16)9-11-5-7-18-8-6-11/h1-4,11,13,17H,5-10,16H2. The fraction of sp³-hybridized carbons (Fsp3) is 0.571. The second-order valence-electron chi connectivity index (χ2n) is 4.95. The topological polar surface area (TPSA) is 47.3 Å². The maximum atomic E-state index is 6.18. The number of hydrazine groups is 1. The van der Waals surface area contributed by atoms with Crippen molar-refractivity contribution in [3.63, 3.8) is 0 Å². The van der Waals surface area contributed by atoms with E-state index in [1.54, 1.807) is 0 Å². The van der Waals surface area contributed by atoms with E-state index in [-0.39, 0.29) is 6.04 Å². The second-order valence-corrected chi connectivity index (χ2v) is 5.36. The Morgan fingerprint density at radius 3 is 2.72 bits per heavy atom. The van der Waals surface area contributed by atoms with E-state index < -0.39 is 0 Å². The maximum absolute atomic E-state index is 6.18. The van der Waals surface area contributed by atoms with Gasteiger partial charge in [-0.3, -0.25) is 11.3 Å². The average molecular weight is 269 g/mol. The Bertz CT molecular complexity index is 367. The summed E-state index contributed by atoms with van der Waals surface area (Å²) >= 11 is 6.18. The first kappa shape index (κ1) is 13.8. The third-order valence-electron chi connectivity index (χ3n) is 3.62. The summed E-state index contributed by atoms with van der Waals surface area (Å²) in [4.78, 5) is 0. The normalized spacial score (nSPS) is 18.8. The number of halogens is 1. The predicted molar refractivity (Wildman–Crippen MR) is 74.4 cm³/mol. The van der Waals surface area contributed by atoms with E-state index in [2.05, 4.69) is 11.5 Å². The average Bonchev–Trinajstić information content (AvgIpc) is 2.41. The fourth-order valence-corrected chi connectivity index (χ4v) is 2.74. The highest BCUT2D eigenvalue weighted by Crippen LogP contribution is 2.23. The van der Waals surface area contributed by atoms with E-state index in [1.165, 1.54) is 0 Å². The maximum Gasteiger partial charge on any atom is 0.0468 e. The van der Waals surface area contributed by atoms with Gasteiger partial charge in [-0.15, -0.1) is 0 Å². The third kappa shape index (κ3) is 3.95. The summed E-state index contributed by atoms with van der Waals surface area (Å²) in [5.41, 5.74) is 4.09. The van der Waals surface area contributed by atoms with Crippen molar-refractivity contribution in [1.82, 2.24) is 5.43 Å². The zero-order valence-electron chi connectivity index (χ0n) is 10.6. The molecule has 3 nitrogen and oxygen atoms in total. The van der Waals surface area contributed by atoms with Crippen molar-refractivity contribution in [3.05, 3.63) is 34.9 Å². The number of nitrogens with two attached hydrogens (primary N) is 1. The number of nitrogens with one attached hydrogen (secondary N) is 1. The van der Waals surface area contributed by atoms with Crippen molar-refractivity contribution in [1.29, 1.82) is 0 Å². The lowest BCUT2D eigenvalue weighted by molar-refractivity contribution is 0.0605. The van der Waals surface area contributed by atoms with Crippen molar-refractivity contribution >= 4 is 11.6 Å². The summed E-state index contributed by atoms with van der Waals surface area (Å²) in [6, 6.07) is 8.25. The molecule has 0 aliphatic carbocycles. The van der Waals surface area contributed by atoms with Crippen molar-refractivity contribution in [2.75, 3.05) is 13.2 Å². The molecule has 0 spiro atoms. The molecule has 4 heteroatoms. The summed E-state index contributed by atoms with van der Waals surface area (Å²) in [5.74, 6) is 6.37. The summed E-state index contributed by atoms with van der Waals surface area (Å²) in [6.45, 7) is 1.77. The van der Waals surface area contributed by atoms with Gasteiger partial charge >= 0.3 is 0 Å². The van der Waals surface area contributed by atoms with Crippen LogP contribution in [-0.2, 0) is 11.2 Å². The summed E-state index contributed by atoms with van der Waals surface area (Å²) < 4.78 is 5.38. The van der Waals surface area contributed by atoms with Crippen LogP contribution in [0, 0.1) is 5.92 Å². The molecule has 0 saturated carbocycles. The molecule has 1 heterocycles. The summed E-state index contributed by atoms with van der Waals surface area (Å²) in [6.07, 6.45) is 4.25. The smallest absolute Gasteiger partial charge is 0.0468 e. The van der Waals surface area contributed by atoms with Crippen LogP contribution in [0.5, 0.6) is 0 Å². The van der Waals surface area contributed by atoms with Crippen LogP contribution in [0.2, 0.25) is 5.02 Å². The molecule has 0 aromatic heterocycles. The monoisotopic (exact) mass is 268 g/mol. The van der Waals surface area contributed by atoms with Gasteiger partial charge in [0.25, 0.3) is 0 Å². The van der Waals surface area contributed by atoms with Gasteiger partial charge in [0.2, 0.25) is 0 Å². The zero-order valence-corrected chi connectivity index (χ0v) is 11.3. The molecule has 1 atom stereocenters. The molecule has 1 aromatic rings. The van der Waals surface area contributed by atoms with Crippen molar-refractivity contribution in [2.45, 2.75) is 31.7 Å². The highest BCUT2D eigenvalue weighted by molar-refractivity contribution is 6.31. The molecule has 1 unspecified atom stereocenters. The number of benzene rings is 1. The molecule has 1 aliphatic rings. The van der Waals surface area contributed by atoms with Crippen LogP contribution in [0.15, 0.2) is 24.3 Å². The number of hydrogen-bond donors (Lipinski definition) is 2. The van der Waals surface area contributed by atoms with Gasteiger partial charge < -0.3 is 4.74 Å². The molecule has 2 rings (SSSR count). The predicted octanol–water partition coefficient (Wildman–Crippen LogP) is 2.53. The number of hydrogen-bond acceptors (Lipinski definition) is 3. The van der Waals surface area contributed by atoms with Gasteiger partial charge in [0, 0.05) is 24.3 Å². The highest BCUT2D eigenvalue weighted by atomic mass is 35.5. The van der Waals surface area contributed by atoms with Crippen molar-refractivity contribution in [2.24, 2.45) is 11.8 Å². The van der Waals surface area contributed by atoms with E-state index in [9.17, 15) is 0 Å². The molecular weight excluding hydrogens is 248 g/mol. The van der Waals surface area contributed by atoms with E-state index in [0.29, 0.717) is 5.92 Å². The minimum Gasteiger partial charge on any atom is -0.381 e. The lowest BCUT2D eigenvalue weighted by Gasteiger charge is -2.26. The Hall–Kier alpha value is -0.610. The molecular formula is C14H21ClN2O. The van der Waals surface area contributed by atoms with Crippen LogP contribution in [0.4, 0.5) is 0 Å². The van der Waals surface area contributed by atoms with Gasteiger partial charge in [-0.1, -0.05) is 29.8 Å². The largest absolute Gasteiger partial charge is 0.381 e. The molecule has 0 radical (unpaired) electrons. The molecule has 1 aromatic carbocycles. The van der Waals surface area contributed by atoms with Gasteiger partial charge in [0.15, 0.2) is 0 Å². The van der Waals surface area contributed by atoms with Crippen LogP contribution in [0.3, 0.4) is 0 Å². The van der Waals surface area contributed by atoms with E-state index in [0.717, 1.165) is 49.5 Å². The van der Waals surface area contributed by atoms with Crippen LogP contribution in [0.1, 0.15) is 24.8 Å². The van der Waals surface area contributed by atoms with E-state index >= 15 is 0 Å². The Morgan fingerprint density at radius 2 is 2.06 bits per heavy atom. The molecule has 1 fully saturated rings. The van der Waals surface area contributed by atoms with Crippen LogP contribution >= 0.6 is 11.6 Å². The quantitative estimate of drug-likeness (QED) is 0.637. The Balaban J connectivity index is 1.90. The molecule has 100 valence electrons. The fourth-order valence-electron chi connectivity index (χ4n) is 2.52. The SMILES string of the molecule is NNC(Cc1ccccc1Cl)CC1CCOCC1. The summed E-state index contributed by atoms with van der Waals surface area (Å²) in [5, 5.41) is 0.824. The van der Waals surface area contributed by atoms with Crippen molar-refractivity contribution in [3.8, 4) is 0 Å². The molecule has 1 aliphatic heterocycles. The van der Waals surface area contributed by atoms with Crippen LogP contribution in [0.25, 0.3) is 0 Å². The lowest BCUT2D eigenvalue weighted by atomic mass is 9.90. The second kappa shape index (κ2) is 7.10. The minimum absolute atomic E-state index is 0.285. The zero-order chi connectivity index (χ0) is 12.8. The van der Waals surface area contributed by atoms with Crippen LogP contribution in [-0.4, -0.2) is 19.3 Å². The van der Waals surface area contributed by atoms with Gasteiger partial charge in [-0.05, 0) is 43.2 Å². The lowest BCUT2D eigenvalue weighted by Crippen LogP contribution is -2.39. The van der Waals surface area contributed by atoms with E-state index in [4.69, 9.17) is 22.2 Å². The third-order valence-corrected chi connectivity index (χ3v) is 3.99.